The second kappa shape index (κ2) is 6.45. The molecule has 0 bridgehead atoms. The Balaban J connectivity index is 2.33. The van der Waals surface area contributed by atoms with E-state index in [-0.39, 0.29) is 11.7 Å². The number of nitrogens with zero attached hydrogens (tertiary/aromatic N) is 2. The molecule has 0 heterocycles. The highest BCUT2D eigenvalue weighted by molar-refractivity contribution is 6.34. The maximum atomic E-state index is 12.9. The number of amidine groups is 1. The highest BCUT2D eigenvalue weighted by Crippen LogP contribution is 2.27. The first kappa shape index (κ1) is 15.1. The van der Waals surface area contributed by atoms with Crippen molar-refractivity contribution >= 4 is 23.1 Å². The SMILES string of the molecule is CN(Cc1ccc(F)cc1)c1cccc(Cl)c1C(N)=NO. The molecule has 2 aromatic carbocycles. The summed E-state index contributed by atoms with van der Waals surface area (Å²) in [4.78, 5) is 1.90. The molecule has 3 N–H and O–H groups in total. The van der Waals surface area contributed by atoms with E-state index in [4.69, 9.17) is 22.5 Å². The first-order chi connectivity index (χ1) is 10.0. The van der Waals surface area contributed by atoms with Crippen LogP contribution in [0.5, 0.6) is 0 Å². The lowest BCUT2D eigenvalue weighted by Crippen LogP contribution is -2.23. The van der Waals surface area contributed by atoms with Gasteiger partial charge in [0.2, 0.25) is 0 Å². The number of hydrogen-bond acceptors (Lipinski definition) is 3. The first-order valence-electron chi connectivity index (χ1n) is 6.25. The second-order valence-corrected chi connectivity index (χ2v) is 5.01. The van der Waals surface area contributed by atoms with Gasteiger partial charge in [-0.15, -0.1) is 0 Å². The van der Waals surface area contributed by atoms with Crippen molar-refractivity contribution in [3.8, 4) is 0 Å². The first-order valence-corrected chi connectivity index (χ1v) is 6.62. The number of benzene rings is 2. The van der Waals surface area contributed by atoms with Crippen molar-refractivity contribution in [1.29, 1.82) is 0 Å². The fraction of sp³-hybridized carbons (Fsp3) is 0.133. The van der Waals surface area contributed by atoms with Crippen LogP contribution < -0.4 is 10.6 Å². The van der Waals surface area contributed by atoms with Crippen molar-refractivity contribution in [2.24, 2.45) is 10.9 Å². The van der Waals surface area contributed by atoms with Crippen LogP contribution in [0.1, 0.15) is 11.1 Å². The highest BCUT2D eigenvalue weighted by Gasteiger charge is 2.15. The van der Waals surface area contributed by atoms with Crippen LogP contribution in [0.15, 0.2) is 47.6 Å². The monoisotopic (exact) mass is 307 g/mol. The molecule has 0 saturated carbocycles. The Labute approximate surface area is 127 Å². The lowest BCUT2D eigenvalue weighted by molar-refractivity contribution is 0.318. The molecule has 0 aliphatic heterocycles. The minimum atomic E-state index is -0.276. The van der Waals surface area contributed by atoms with E-state index in [0.717, 1.165) is 11.3 Å². The fourth-order valence-electron chi connectivity index (χ4n) is 2.08. The van der Waals surface area contributed by atoms with Gasteiger partial charge in [-0.25, -0.2) is 4.39 Å². The third-order valence-corrected chi connectivity index (χ3v) is 3.41. The van der Waals surface area contributed by atoms with Crippen molar-refractivity contribution in [3.63, 3.8) is 0 Å². The number of anilines is 1. The highest BCUT2D eigenvalue weighted by atomic mass is 35.5. The molecular formula is C15H15ClFN3O. The zero-order chi connectivity index (χ0) is 15.4. The number of hydrogen-bond donors (Lipinski definition) is 2. The Hall–Kier alpha value is -2.27. The maximum absolute atomic E-state index is 12.9. The number of halogens is 2. The van der Waals surface area contributed by atoms with Crippen LogP contribution in [-0.4, -0.2) is 18.1 Å². The molecule has 21 heavy (non-hydrogen) atoms. The zero-order valence-corrected chi connectivity index (χ0v) is 12.2. The van der Waals surface area contributed by atoms with Crippen LogP contribution in [0, 0.1) is 5.82 Å². The summed E-state index contributed by atoms with van der Waals surface area (Å²) in [5.74, 6) is -0.330. The Morgan fingerprint density at radius 2 is 1.95 bits per heavy atom. The molecular weight excluding hydrogens is 293 g/mol. The molecule has 0 aliphatic carbocycles. The molecule has 4 nitrogen and oxygen atoms in total. The third kappa shape index (κ3) is 3.44. The summed E-state index contributed by atoms with van der Waals surface area (Å²) in [6, 6.07) is 11.5. The van der Waals surface area contributed by atoms with Gasteiger partial charge in [0.1, 0.15) is 5.82 Å². The predicted octanol–water partition coefficient (Wildman–Crippen LogP) is 3.21. The van der Waals surface area contributed by atoms with Crippen molar-refractivity contribution in [2.45, 2.75) is 6.54 Å². The Morgan fingerprint density at radius 1 is 1.29 bits per heavy atom. The van der Waals surface area contributed by atoms with Gasteiger partial charge in [-0.1, -0.05) is 35.0 Å². The summed E-state index contributed by atoms with van der Waals surface area (Å²) in [7, 11) is 1.85. The third-order valence-electron chi connectivity index (χ3n) is 3.10. The molecule has 2 aromatic rings. The average molecular weight is 308 g/mol. The van der Waals surface area contributed by atoms with E-state index in [1.807, 2.05) is 18.0 Å². The fourth-order valence-corrected chi connectivity index (χ4v) is 2.35. The summed E-state index contributed by atoms with van der Waals surface area (Å²) in [5.41, 5.74) is 7.81. The van der Waals surface area contributed by atoms with Crippen LogP contribution in [0.2, 0.25) is 5.02 Å². The molecule has 2 rings (SSSR count). The molecule has 0 spiro atoms. The summed E-state index contributed by atoms with van der Waals surface area (Å²) in [5, 5.41) is 12.3. The van der Waals surface area contributed by atoms with Gasteiger partial charge < -0.3 is 15.8 Å². The molecule has 0 saturated heterocycles. The van der Waals surface area contributed by atoms with E-state index in [1.54, 1.807) is 24.3 Å². The Morgan fingerprint density at radius 3 is 2.57 bits per heavy atom. The van der Waals surface area contributed by atoms with E-state index in [0.29, 0.717) is 17.1 Å². The minimum absolute atomic E-state index is 0.0541. The molecule has 110 valence electrons. The summed E-state index contributed by atoms with van der Waals surface area (Å²) < 4.78 is 12.9. The van der Waals surface area contributed by atoms with Crippen molar-refractivity contribution in [2.75, 3.05) is 11.9 Å². The number of nitrogens with two attached hydrogens (primary N) is 1. The second-order valence-electron chi connectivity index (χ2n) is 4.60. The molecule has 0 atom stereocenters. The average Bonchev–Trinajstić information content (AvgIpc) is 2.48. The van der Waals surface area contributed by atoms with Gasteiger partial charge in [0.15, 0.2) is 5.84 Å². The van der Waals surface area contributed by atoms with Gasteiger partial charge in [0.25, 0.3) is 0 Å². The van der Waals surface area contributed by atoms with Gasteiger partial charge in [0.05, 0.1) is 10.6 Å². The molecule has 0 radical (unpaired) electrons. The quantitative estimate of drug-likeness (QED) is 0.394. The van der Waals surface area contributed by atoms with Crippen LogP contribution in [0.4, 0.5) is 10.1 Å². The Bertz CT molecular complexity index is 658. The van der Waals surface area contributed by atoms with Crippen molar-refractivity contribution in [1.82, 2.24) is 0 Å². The van der Waals surface area contributed by atoms with E-state index < -0.39 is 0 Å². The van der Waals surface area contributed by atoms with Crippen molar-refractivity contribution < 1.29 is 9.60 Å². The van der Waals surface area contributed by atoms with E-state index in [1.165, 1.54) is 12.1 Å². The molecule has 0 aromatic heterocycles. The Kier molecular flexibility index (Phi) is 4.65. The van der Waals surface area contributed by atoms with Crippen molar-refractivity contribution in [3.05, 3.63) is 64.4 Å². The van der Waals surface area contributed by atoms with Gasteiger partial charge in [-0.2, -0.15) is 0 Å². The topological polar surface area (TPSA) is 61.8 Å². The molecule has 0 unspecified atom stereocenters. The van der Waals surface area contributed by atoms with E-state index in [2.05, 4.69) is 5.16 Å². The van der Waals surface area contributed by atoms with E-state index >= 15 is 0 Å². The lowest BCUT2D eigenvalue weighted by atomic mass is 10.1. The van der Waals surface area contributed by atoms with Crippen LogP contribution >= 0.6 is 11.6 Å². The van der Waals surface area contributed by atoms with Gasteiger partial charge >= 0.3 is 0 Å². The normalized spacial score (nSPS) is 11.5. The summed E-state index contributed by atoms with van der Waals surface area (Å²) in [6.07, 6.45) is 0. The van der Waals surface area contributed by atoms with E-state index in [9.17, 15) is 4.39 Å². The smallest absolute Gasteiger partial charge is 0.173 e. The van der Waals surface area contributed by atoms with Crippen LogP contribution in [-0.2, 0) is 6.54 Å². The molecule has 6 heteroatoms. The number of rotatable bonds is 4. The zero-order valence-electron chi connectivity index (χ0n) is 11.4. The predicted molar refractivity (Wildman–Crippen MR) is 82.5 cm³/mol. The molecule has 0 aliphatic rings. The van der Waals surface area contributed by atoms with Gasteiger partial charge in [-0.3, -0.25) is 0 Å². The summed E-state index contributed by atoms with van der Waals surface area (Å²) >= 11 is 6.12. The molecule has 0 amide bonds. The minimum Gasteiger partial charge on any atom is -0.409 e. The number of oxime groups is 1. The summed E-state index contributed by atoms with van der Waals surface area (Å²) in [6.45, 7) is 0.534. The van der Waals surface area contributed by atoms with Gasteiger partial charge in [0, 0.05) is 19.3 Å². The van der Waals surface area contributed by atoms with Gasteiger partial charge in [-0.05, 0) is 29.8 Å². The largest absolute Gasteiger partial charge is 0.409 e. The maximum Gasteiger partial charge on any atom is 0.173 e. The molecule has 0 fully saturated rings. The standard InChI is InChI=1S/C15H15ClFN3O/c1-20(9-10-5-7-11(17)8-6-10)13-4-2-3-12(16)14(13)15(18)19-21/h2-8,21H,9H2,1H3,(H2,18,19). The van der Waals surface area contributed by atoms with Crippen LogP contribution in [0.3, 0.4) is 0 Å². The lowest BCUT2D eigenvalue weighted by Gasteiger charge is -2.23. The van der Waals surface area contributed by atoms with Crippen LogP contribution in [0.25, 0.3) is 0 Å².